The minimum Gasteiger partial charge on any atom is -0.493 e. The van der Waals surface area contributed by atoms with Gasteiger partial charge in [-0.15, -0.1) is 0 Å². The van der Waals surface area contributed by atoms with E-state index in [1.54, 1.807) is 27.5 Å². The molecule has 0 aliphatic carbocycles. The summed E-state index contributed by atoms with van der Waals surface area (Å²) in [7, 11) is 2.33. The second kappa shape index (κ2) is 13.1. The number of nitrogens with zero attached hydrogens (tertiary/aromatic N) is 4. The Hall–Kier alpha value is -5.05. The molecule has 0 spiro atoms. The van der Waals surface area contributed by atoms with Crippen molar-refractivity contribution in [3.8, 4) is 23.1 Å². The molecule has 0 aliphatic heterocycles. The van der Waals surface area contributed by atoms with Crippen molar-refractivity contribution in [3.05, 3.63) is 66.1 Å². The molecule has 2 aromatic carbocycles. The molecule has 15 heteroatoms. The first-order valence-corrected chi connectivity index (χ1v) is 13.0. The first-order chi connectivity index (χ1) is 19.1. The summed E-state index contributed by atoms with van der Waals surface area (Å²) < 4.78 is 47.4. The summed E-state index contributed by atoms with van der Waals surface area (Å²) in [4.78, 5) is 15.7. The Morgan fingerprint density at radius 3 is 2.00 bits per heavy atom. The summed E-state index contributed by atoms with van der Waals surface area (Å²) in [6.45, 7) is 0. The van der Waals surface area contributed by atoms with Gasteiger partial charge in [0.2, 0.25) is 17.5 Å². The standard InChI is InChI=1S/C14H18N4O3.C11H12N4O3S/c1-19-10-5-8(6-11(20-2)12(10)21-3)4-9-7-17-14(16)18-13(9)15;1-18-11-10(13-6-7-14-11)15-19(16,17)9-4-2-8(12)3-5-9/h5-7H,4H2,1-3H3,(H4,15,16,17,18);2-7H,12H2,1H3,(H,13,15). The number of ether oxygens (including phenoxy) is 4. The topological polar surface area (TPSA) is 213 Å². The minimum absolute atomic E-state index is 0.0295. The third kappa shape index (κ3) is 7.28. The van der Waals surface area contributed by atoms with Crippen LogP contribution in [-0.2, 0) is 16.4 Å². The molecule has 2 heterocycles. The summed E-state index contributed by atoms with van der Waals surface area (Å²) in [5.74, 6) is 2.36. The maximum atomic E-state index is 12.1. The molecule has 0 fully saturated rings. The first kappa shape index (κ1) is 29.5. The smallest absolute Gasteiger partial charge is 0.263 e. The van der Waals surface area contributed by atoms with Gasteiger partial charge in [0.15, 0.2) is 11.5 Å². The summed E-state index contributed by atoms with van der Waals surface area (Å²) in [5, 5.41) is 0. The number of hydrogen-bond acceptors (Lipinski definition) is 13. The van der Waals surface area contributed by atoms with E-state index >= 15 is 0 Å². The second-order valence-electron chi connectivity index (χ2n) is 7.94. The number of benzene rings is 2. The number of methoxy groups -OCH3 is 4. The van der Waals surface area contributed by atoms with Gasteiger partial charge >= 0.3 is 0 Å². The number of nitrogen functional groups attached to an aromatic ring is 3. The summed E-state index contributed by atoms with van der Waals surface area (Å²) in [6.07, 6.45) is 4.91. The lowest BCUT2D eigenvalue weighted by Crippen LogP contribution is -2.15. The molecular weight excluding hydrogens is 540 g/mol. The van der Waals surface area contributed by atoms with Crippen LogP contribution in [0.4, 0.5) is 23.3 Å². The quantitative estimate of drug-likeness (QED) is 0.213. The van der Waals surface area contributed by atoms with Crippen LogP contribution in [0.2, 0.25) is 0 Å². The SMILES string of the molecule is COc1cc(Cc2cnc(N)nc2N)cc(OC)c1OC.COc1nccnc1NS(=O)(=O)c1ccc(N)cc1. The molecule has 0 saturated heterocycles. The Morgan fingerprint density at radius 2 is 1.45 bits per heavy atom. The predicted octanol–water partition coefficient (Wildman–Crippen LogP) is 2.13. The van der Waals surface area contributed by atoms with Crippen molar-refractivity contribution in [2.24, 2.45) is 0 Å². The minimum atomic E-state index is -3.75. The predicted molar refractivity (Wildman–Crippen MR) is 150 cm³/mol. The zero-order valence-corrected chi connectivity index (χ0v) is 23.1. The average molecular weight is 571 g/mol. The number of nitrogens with one attached hydrogen (secondary N) is 1. The Labute approximate surface area is 231 Å². The van der Waals surface area contributed by atoms with Crippen molar-refractivity contribution in [1.82, 2.24) is 19.9 Å². The zero-order chi connectivity index (χ0) is 29.3. The molecule has 0 amide bonds. The van der Waals surface area contributed by atoms with E-state index < -0.39 is 10.0 Å². The molecule has 0 bridgehead atoms. The normalized spacial score (nSPS) is 10.6. The summed E-state index contributed by atoms with van der Waals surface area (Å²) >= 11 is 0. The molecule has 2 aromatic heterocycles. The third-order valence-electron chi connectivity index (χ3n) is 5.32. The van der Waals surface area contributed by atoms with Crippen LogP contribution in [0.3, 0.4) is 0 Å². The Kier molecular flexibility index (Phi) is 9.70. The first-order valence-electron chi connectivity index (χ1n) is 11.5. The third-order valence-corrected chi connectivity index (χ3v) is 6.67. The molecule has 4 aromatic rings. The van der Waals surface area contributed by atoms with Gasteiger partial charge in [-0.1, -0.05) is 0 Å². The van der Waals surface area contributed by atoms with Gasteiger partial charge in [-0.3, -0.25) is 4.72 Å². The maximum absolute atomic E-state index is 12.1. The van der Waals surface area contributed by atoms with Gasteiger partial charge < -0.3 is 36.1 Å². The number of aromatic nitrogens is 4. The molecule has 0 aliphatic rings. The van der Waals surface area contributed by atoms with Crippen LogP contribution in [0, 0.1) is 0 Å². The number of rotatable bonds is 9. The van der Waals surface area contributed by atoms with E-state index in [4.69, 9.17) is 36.1 Å². The molecule has 0 atom stereocenters. The number of nitrogens with two attached hydrogens (primary N) is 3. The largest absolute Gasteiger partial charge is 0.493 e. The van der Waals surface area contributed by atoms with Crippen LogP contribution in [-0.4, -0.2) is 56.8 Å². The molecule has 14 nitrogen and oxygen atoms in total. The Balaban J connectivity index is 0.000000222. The van der Waals surface area contributed by atoms with Crippen molar-refractivity contribution >= 4 is 33.3 Å². The monoisotopic (exact) mass is 570 g/mol. The van der Waals surface area contributed by atoms with Gasteiger partial charge in [0, 0.05) is 36.3 Å². The van der Waals surface area contributed by atoms with Crippen LogP contribution >= 0.6 is 0 Å². The maximum Gasteiger partial charge on any atom is 0.263 e. The van der Waals surface area contributed by atoms with Crippen LogP contribution in [0.1, 0.15) is 11.1 Å². The Bertz CT molecular complexity index is 1530. The second-order valence-corrected chi connectivity index (χ2v) is 9.62. The van der Waals surface area contributed by atoms with E-state index in [2.05, 4.69) is 24.7 Å². The lowest BCUT2D eigenvalue weighted by atomic mass is 10.1. The van der Waals surface area contributed by atoms with Gasteiger partial charge in [-0.05, 0) is 42.0 Å². The van der Waals surface area contributed by atoms with E-state index in [-0.39, 0.29) is 22.5 Å². The van der Waals surface area contributed by atoms with Gasteiger partial charge in [-0.25, -0.2) is 23.4 Å². The molecular formula is C25H30N8O6S. The summed E-state index contributed by atoms with van der Waals surface area (Å²) in [6, 6.07) is 9.53. The highest BCUT2D eigenvalue weighted by Crippen LogP contribution is 2.38. The highest BCUT2D eigenvalue weighted by atomic mass is 32.2. The van der Waals surface area contributed by atoms with E-state index in [0.717, 1.165) is 11.1 Å². The van der Waals surface area contributed by atoms with Crippen molar-refractivity contribution < 1.29 is 27.4 Å². The fourth-order valence-electron chi connectivity index (χ4n) is 3.41. The van der Waals surface area contributed by atoms with Crippen molar-refractivity contribution in [1.29, 1.82) is 0 Å². The van der Waals surface area contributed by atoms with Crippen molar-refractivity contribution in [3.63, 3.8) is 0 Å². The van der Waals surface area contributed by atoms with Gasteiger partial charge in [0.05, 0.1) is 33.3 Å². The number of anilines is 4. The van der Waals surface area contributed by atoms with E-state index in [9.17, 15) is 8.42 Å². The fraction of sp³-hybridized carbons (Fsp3) is 0.200. The van der Waals surface area contributed by atoms with Crippen LogP contribution in [0.5, 0.6) is 23.1 Å². The van der Waals surface area contributed by atoms with Gasteiger partial charge in [0.1, 0.15) is 5.82 Å². The van der Waals surface area contributed by atoms with Crippen LogP contribution in [0.25, 0.3) is 0 Å². The fourth-order valence-corrected chi connectivity index (χ4v) is 4.41. The molecule has 40 heavy (non-hydrogen) atoms. The molecule has 212 valence electrons. The lowest BCUT2D eigenvalue weighted by Gasteiger charge is -2.14. The Morgan fingerprint density at radius 1 is 0.825 bits per heavy atom. The van der Waals surface area contributed by atoms with E-state index in [0.29, 0.717) is 35.2 Å². The van der Waals surface area contributed by atoms with Crippen molar-refractivity contribution in [2.75, 3.05) is 50.4 Å². The van der Waals surface area contributed by atoms with Crippen LogP contribution < -0.4 is 40.9 Å². The lowest BCUT2D eigenvalue weighted by molar-refractivity contribution is 0.324. The summed E-state index contributed by atoms with van der Waals surface area (Å²) in [5.41, 5.74) is 19.0. The average Bonchev–Trinajstić information content (AvgIpc) is 2.94. The molecule has 0 saturated carbocycles. The molecule has 7 N–H and O–H groups in total. The molecule has 0 radical (unpaired) electrons. The van der Waals surface area contributed by atoms with E-state index in [1.807, 2.05) is 12.1 Å². The van der Waals surface area contributed by atoms with Gasteiger partial charge in [-0.2, -0.15) is 4.98 Å². The van der Waals surface area contributed by atoms with Gasteiger partial charge in [0.25, 0.3) is 15.9 Å². The molecule has 4 rings (SSSR count). The van der Waals surface area contributed by atoms with Crippen molar-refractivity contribution in [2.45, 2.75) is 11.3 Å². The number of sulfonamides is 1. The van der Waals surface area contributed by atoms with Crippen LogP contribution in [0.15, 0.2) is 59.9 Å². The zero-order valence-electron chi connectivity index (χ0n) is 22.3. The van der Waals surface area contributed by atoms with E-state index in [1.165, 1.54) is 43.8 Å². The highest BCUT2D eigenvalue weighted by Gasteiger charge is 2.18. The highest BCUT2D eigenvalue weighted by molar-refractivity contribution is 7.92. The number of hydrogen-bond donors (Lipinski definition) is 4. The molecule has 0 unspecified atom stereocenters.